The van der Waals surface area contributed by atoms with Crippen molar-refractivity contribution in [2.75, 3.05) is 11.9 Å². The minimum Gasteiger partial charge on any atom is -0.478 e. The van der Waals surface area contributed by atoms with Gasteiger partial charge in [0.1, 0.15) is 23.7 Å². The Morgan fingerprint density at radius 1 is 1.02 bits per heavy atom. The first-order chi connectivity index (χ1) is 20.0. The first-order valence-electron chi connectivity index (χ1n) is 12.9. The van der Waals surface area contributed by atoms with Gasteiger partial charge in [0.05, 0.1) is 6.33 Å². The molecule has 2 fully saturated rings. The molecule has 5 atom stereocenters. The largest absolute Gasteiger partial charge is 0.478 e. The first-order valence-corrected chi connectivity index (χ1v) is 12.9. The highest BCUT2D eigenvalue weighted by atomic mass is 16.8. The number of anilines is 1. The van der Waals surface area contributed by atoms with Gasteiger partial charge in [0.2, 0.25) is 6.29 Å². The lowest BCUT2D eigenvalue weighted by Crippen LogP contribution is -2.33. The summed E-state index contributed by atoms with van der Waals surface area (Å²) in [6.45, 7) is 2.24. The van der Waals surface area contributed by atoms with Crippen molar-refractivity contribution in [1.29, 1.82) is 0 Å². The number of nitrogens with zero attached hydrogens (tertiary/aromatic N) is 4. The van der Waals surface area contributed by atoms with Gasteiger partial charge in [0, 0.05) is 6.54 Å². The van der Waals surface area contributed by atoms with Gasteiger partial charge in [-0.1, -0.05) is 48.5 Å². The minimum atomic E-state index is -1.14. The van der Waals surface area contributed by atoms with E-state index >= 15 is 0 Å². The standard InChI is InChI=1S/C28H26N6O7/c1-2-29-28(37)33-23-20-24(31-14-30-23)34(15-32-20)25-21-22(40-19(39-21)13-12-16-8-4-3-5-9-16)27(41-25)38-18-11-7-6-10-17(18)26(35)36/h3-15,19,21-22,25,27H,2H2,1H3,(H,35,36)(H2,29,30,31,33,37)/b13-12+/t19-,21?,22?,25?,27?/m1/s1. The van der Waals surface area contributed by atoms with Crippen molar-refractivity contribution in [3.05, 3.63) is 84.5 Å². The number of amides is 2. The molecular formula is C28H26N6O7. The van der Waals surface area contributed by atoms with Crippen molar-refractivity contribution in [1.82, 2.24) is 24.8 Å². The van der Waals surface area contributed by atoms with E-state index in [1.807, 2.05) is 36.4 Å². The quantitative estimate of drug-likeness (QED) is 0.292. The molecule has 2 amide bonds. The summed E-state index contributed by atoms with van der Waals surface area (Å²) >= 11 is 0. The molecule has 0 spiro atoms. The summed E-state index contributed by atoms with van der Waals surface area (Å²) in [4.78, 5) is 36.8. The fraction of sp³-hybridized carbons (Fsp3) is 0.250. The van der Waals surface area contributed by atoms with E-state index in [1.165, 1.54) is 18.7 Å². The fourth-order valence-corrected chi connectivity index (χ4v) is 4.71. The molecule has 2 aromatic heterocycles. The van der Waals surface area contributed by atoms with Crippen LogP contribution in [0, 0.1) is 0 Å². The van der Waals surface area contributed by atoms with Crippen molar-refractivity contribution in [3.63, 3.8) is 0 Å². The van der Waals surface area contributed by atoms with E-state index in [0.717, 1.165) is 5.56 Å². The number of aromatic nitrogens is 4. The highest BCUT2D eigenvalue weighted by Crippen LogP contribution is 2.42. The maximum Gasteiger partial charge on any atom is 0.339 e. The van der Waals surface area contributed by atoms with Gasteiger partial charge in [-0.05, 0) is 30.7 Å². The number of hydrogen-bond donors (Lipinski definition) is 3. The van der Waals surface area contributed by atoms with Crippen LogP contribution in [-0.4, -0.2) is 68.0 Å². The molecule has 4 heterocycles. The molecule has 2 aliphatic heterocycles. The molecule has 41 heavy (non-hydrogen) atoms. The van der Waals surface area contributed by atoms with E-state index < -0.39 is 43.0 Å². The van der Waals surface area contributed by atoms with E-state index in [9.17, 15) is 14.7 Å². The number of nitrogens with one attached hydrogen (secondary N) is 2. The smallest absolute Gasteiger partial charge is 0.339 e. The Bertz CT molecular complexity index is 1590. The monoisotopic (exact) mass is 558 g/mol. The molecule has 0 aliphatic carbocycles. The number of ether oxygens (including phenoxy) is 4. The van der Waals surface area contributed by atoms with E-state index in [4.69, 9.17) is 18.9 Å². The van der Waals surface area contributed by atoms with E-state index in [0.29, 0.717) is 17.7 Å². The number of carboxylic acids is 1. The molecule has 0 saturated carbocycles. The molecule has 13 heteroatoms. The number of urea groups is 1. The van der Waals surface area contributed by atoms with Gasteiger partial charge in [-0.25, -0.2) is 24.5 Å². The van der Waals surface area contributed by atoms with Crippen molar-refractivity contribution in [3.8, 4) is 5.75 Å². The third-order valence-electron chi connectivity index (χ3n) is 6.54. The average molecular weight is 559 g/mol. The Hall–Kier alpha value is -4.85. The van der Waals surface area contributed by atoms with Gasteiger partial charge in [-0.15, -0.1) is 0 Å². The maximum absolute atomic E-state index is 12.1. The van der Waals surface area contributed by atoms with Gasteiger partial charge >= 0.3 is 12.0 Å². The maximum atomic E-state index is 12.1. The first kappa shape index (κ1) is 26.4. The van der Waals surface area contributed by atoms with Crippen LogP contribution in [0.1, 0.15) is 29.1 Å². The van der Waals surface area contributed by atoms with Crippen LogP contribution in [0.2, 0.25) is 0 Å². The Morgan fingerprint density at radius 2 is 1.80 bits per heavy atom. The normalized spacial score (nSPS) is 23.5. The van der Waals surface area contributed by atoms with Crippen LogP contribution in [0.5, 0.6) is 5.75 Å². The summed E-state index contributed by atoms with van der Waals surface area (Å²) in [5.41, 5.74) is 1.68. The van der Waals surface area contributed by atoms with Gasteiger partial charge in [-0.2, -0.15) is 0 Å². The Kier molecular flexibility index (Phi) is 7.29. The second-order valence-electron chi connectivity index (χ2n) is 9.18. The van der Waals surface area contributed by atoms with Gasteiger partial charge in [0.15, 0.2) is 35.6 Å². The number of hydrogen-bond acceptors (Lipinski definition) is 9. The van der Waals surface area contributed by atoms with Crippen LogP contribution in [0.25, 0.3) is 17.2 Å². The van der Waals surface area contributed by atoms with E-state index in [1.54, 1.807) is 35.8 Å². The van der Waals surface area contributed by atoms with Crippen LogP contribution in [-0.2, 0) is 14.2 Å². The zero-order valence-corrected chi connectivity index (χ0v) is 21.8. The number of carboxylic acid groups (broad SMARTS) is 1. The van der Waals surface area contributed by atoms with Gasteiger partial charge in [0.25, 0.3) is 0 Å². The molecule has 0 bridgehead atoms. The third-order valence-corrected chi connectivity index (χ3v) is 6.54. The molecule has 13 nitrogen and oxygen atoms in total. The zero-order chi connectivity index (χ0) is 28.3. The van der Waals surface area contributed by atoms with E-state index in [-0.39, 0.29) is 17.1 Å². The molecule has 4 aromatic rings. The van der Waals surface area contributed by atoms with Crippen molar-refractivity contribution < 1.29 is 33.6 Å². The van der Waals surface area contributed by atoms with Crippen LogP contribution >= 0.6 is 0 Å². The number of aromatic carboxylic acids is 1. The fourth-order valence-electron chi connectivity index (χ4n) is 4.71. The minimum absolute atomic E-state index is 0.0163. The summed E-state index contributed by atoms with van der Waals surface area (Å²) in [6, 6.07) is 15.6. The van der Waals surface area contributed by atoms with Crippen molar-refractivity contribution in [2.24, 2.45) is 0 Å². The lowest BCUT2D eigenvalue weighted by Gasteiger charge is -2.21. The number of benzene rings is 2. The third kappa shape index (κ3) is 5.33. The molecule has 4 unspecified atom stereocenters. The van der Waals surface area contributed by atoms with Gasteiger partial charge < -0.3 is 29.4 Å². The number of fused-ring (bicyclic) bond motifs is 2. The summed E-state index contributed by atoms with van der Waals surface area (Å²) in [7, 11) is 0. The molecule has 2 saturated heterocycles. The summed E-state index contributed by atoms with van der Waals surface area (Å²) < 4.78 is 26.4. The number of carbonyl (C=O) groups is 2. The molecule has 3 N–H and O–H groups in total. The van der Waals surface area contributed by atoms with Gasteiger partial charge in [-0.3, -0.25) is 9.88 Å². The predicted molar refractivity (Wildman–Crippen MR) is 145 cm³/mol. The average Bonchev–Trinajstić information content (AvgIpc) is 3.68. The SMILES string of the molecule is CCNC(=O)Nc1ncnc2c1ncn2C1OC(Oc2ccccc2C(=O)O)C2O[C@H](/C=C/c3ccccc3)OC21. The van der Waals surface area contributed by atoms with Crippen LogP contribution in [0.4, 0.5) is 10.6 Å². The number of imidazole rings is 1. The number of para-hydroxylation sites is 1. The summed E-state index contributed by atoms with van der Waals surface area (Å²) in [6.07, 6.45) is 2.54. The number of rotatable bonds is 8. The second-order valence-corrected chi connectivity index (χ2v) is 9.18. The molecule has 6 rings (SSSR count). The van der Waals surface area contributed by atoms with Crippen LogP contribution in [0.3, 0.4) is 0 Å². The lowest BCUT2D eigenvalue weighted by atomic mass is 10.2. The molecule has 2 aliphatic rings. The Morgan fingerprint density at radius 3 is 2.61 bits per heavy atom. The summed E-state index contributed by atoms with van der Waals surface area (Å²) in [5.74, 6) is -0.782. The topological polar surface area (TPSA) is 159 Å². The van der Waals surface area contributed by atoms with Crippen LogP contribution < -0.4 is 15.4 Å². The number of carbonyl (C=O) groups excluding carboxylic acids is 1. The molecule has 210 valence electrons. The molecule has 0 radical (unpaired) electrons. The predicted octanol–water partition coefficient (Wildman–Crippen LogP) is 3.42. The van der Waals surface area contributed by atoms with Crippen molar-refractivity contribution in [2.45, 2.75) is 37.9 Å². The second kappa shape index (κ2) is 11.3. The Balaban J connectivity index is 1.32. The highest BCUT2D eigenvalue weighted by molar-refractivity contribution is 5.95. The molecular weight excluding hydrogens is 532 g/mol. The van der Waals surface area contributed by atoms with E-state index in [2.05, 4.69) is 25.6 Å². The Labute approximate surface area is 233 Å². The lowest BCUT2D eigenvalue weighted by molar-refractivity contribution is -0.176. The zero-order valence-electron chi connectivity index (χ0n) is 21.8. The summed E-state index contributed by atoms with van der Waals surface area (Å²) in [5, 5.41) is 15.0. The highest BCUT2D eigenvalue weighted by Gasteiger charge is 2.55. The molecule has 2 aromatic carbocycles. The van der Waals surface area contributed by atoms with Crippen LogP contribution in [0.15, 0.2) is 73.3 Å². The van der Waals surface area contributed by atoms with Crippen molar-refractivity contribution >= 4 is 35.1 Å².